The Morgan fingerprint density at radius 3 is 2.50 bits per heavy atom. The van der Waals surface area contributed by atoms with Crippen LogP contribution >= 0.6 is 0 Å². The smallest absolute Gasteiger partial charge is 0.306 e. The molecule has 0 aromatic carbocycles. The molecular formula is C11H21NO2. The monoisotopic (exact) mass is 199 g/mol. The van der Waals surface area contributed by atoms with Gasteiger partial charge in [-0.1, -0.05) is 20.3 Å². The first-order valence-corrected chi connectivity index (χ1v) is 5.44. The standard InChI is InChI=1S/C11H21NO2/c1-9(2)7-14-10(13)6-11(8-12)4-3-5-11/h9H,3-8,12H2,1-2H3. The highest BCUT2D eigenvalue weighted by atomic mass is 16.5. The minimum atomic E-state index is -0.0798. The summed E-state index contributed by atoms with van der Waals surface area (Å²) < 4.78 is 5.14. The van der Waals surface area contributed by atoms with E-state index in [0.29, 0.717) is 25.5 Å². The number of esters is 1. The van der Waals surface area contributed by atoms with Crippen LogP contribution in [0, 0.1) is 11.3 Å². The van der Waals surface area contributed by atoms with Gasteiger partial charge in [0.15, 0.2) is 0 Å². The van der Waals surface area contributed by atoms with Crippen LogP contribution in [0.3, 0.4) is 0 Å². The zero-order valence-corrected chi connectivity index (χ0v) is 9.21. The van der Waals surface area contributed by atoms with E-state index in [1.165, 1.54) is 6.42 Å². The van der Waals surface area contributed by atoms with Crippen molar-refractivity contribution >= 4 is 5.97 Å². The van der Waals surface area contributed by atoms with Crippen LogP contribution in [-0.4, -0.2) is 19.1 Å². The highest BCUT2D eigenvalue weighted by Gasteiger charge is 2.38. The molecule has 0 unspecified atom stereocenters. The SMILES string of the molecule is CC(C)COC(=O)CC1(CN)CCC1. The predicted octanol–water partition coefficient (Wildman–Crippen LogP) is 1.70. The fraction of sp³-hybridized carbons (Fsp3) is 0.909. The van der Waals surface area contributed by atoms with Gasteiger partial charge in [-0.15, -0.1) is 0 Å². The lowest BCUT2D eigenvalue weighted by molar-refractivity contribution is -0.148. The van der Waals surface area contributed by atoms with E-state index in [1.54, 1.807) is 0 Å². The summed E-state index contributed by atoms with van der Waals surface area (Å²) in [6.07, 6.45) is 3.88. The maximum atomic E-state index is 11.4. The molecule has 0 saturated heterocycles. The topological polar surface area (TPSA) is 52.3 Å². The van der Waals surface area contributed by atoms with E-state index in [1.807, 2.05) is 13.8 Å². The molecule has 0 atom stereocenters. The Morgan fingerprint density at radius 1 is 1.50 bits per heavy atom. The third kappa shape index (κ3) is 2.98. The highest BCUT2D eigenvalue weighted by Crippen LogP contribution is 2.43. The van der Waals surface area contributed by atoms with E-state index in [4.69, 9.17) is 10.5 Å². The minimum Gasteiger partial charge on any atom is -0.465 e. The molecule has 2 N–H and O–H groups in total. The summed E-state index contributed by atoms with van der Waals surface area (Å²) in [6.45, 7) is 5.22. The van der Waals surface area contributed by atoms with Crippen molar-refractivity contribution in [2.75, 3.05) is 13.2 Å². The molecule has 0 radical (unpaired) electrons. The van der Waals surface area contributed by atoms with E-state index in [9.17, 15) is 4.79 Å². The Labute approximate surface area is 86.0 Å². The van der Waals surface area contributed by atoms with Crippen LogP contribution < -0.4 is 5.73 Å². The van der Waals surface area contributed by atoms with Crippen LogP contribution in [-0.2, 0) is 9.53 Å². The minimum absolute atomic E-state index is 0.0774. The Hall–Kier alpha value is -0.570. The van der Waals surface area contributed by atoms with Gasteiger partial charge in [0.2, 0.25) is 0 Å². The van der Waals surface area contributed by atoms with E-state index >= 15 is 0 Å². The molecule has 0 aromatic heterocycles. The average Bonchev–Trinajstić information content (AvgIpc) is 2.08. The molecule has 0 amide bonds. The van der Waals surface area contributed by atoms with Crippen molar-refractivity contribution < 1.29 is 9.53 Å². The van der Waals surface area contributed by atoms with Crippen LogP contribution in [0.2, 0.25) is 0 Å². The van der Waals surface area contributed by atoms with E-state index < -0.39 is 0 Å². The van der Waals surface area contributed by atoms with E-state index in [0.717, 1.165) is 12.8 Å². The molecule has 1 aliphatic rings. The van der Waals surface area contributed by atoms with Crippen molar-refractivity contribution in [2.24, 2.45) is 17.1 Å². The van der Waals surface area contributed by atoms with Gasteiger partial charge in [-0.2, -0.15) is 0 Å². The summed E-state index contributed by atoms with van der Waals surface area (Å²) in [5.41, 5.74) is 5.74. The Balaban J connectivity index is 2.25. The molecule has 82 valence electrons. The molecule has 3 nitrogen and oxygen atoms in total. The van der Waals surface area contributed by atoms with Crippen molar-refractivity contribution in [1.82, 2.24) is 0 Å². The molecule has 0 heterocycles. The second kappa shape index (κ2) is 4.78. The molecule has 1 saturated carbocycles. The summed E-state index contributed by atoms with van der Waals surface area (Å²) >= 11 is 0. The zero-order valence-electron chi connectivity index (χ0n) is 9.21. The van der Waals surface area contributed by atoms with Gasteiger partial charge in [0, 0.05) is 0 Å². The normalized spacial score (nSPS) is 19.1. The van der Waals surface area contributed by atoms with Crippen molar-refractivity contribution in [3.63, 3.8) is 0 Å². The molecule has 0 aliphatic heterocycles. The van der Waals surface area contributed by atoms with Crippen LogP contribution in [0.15, 0.2) is 0 Å². The molecule has 3 heteroatoms. The number of rotatable bonds is 5. The molecular weight excluding hydrogens is 178 g/mol. The summed E-state index contributed by atoms with van der Waals surface area (Å²) in [4.78, 5) is 11.4. The summed E-state index contributed by atoms with van der Waals surface area (Å²) in [5, 5.41) is 0. The zero-order chi connectivity index (χ0) is 10.6. The van der Waals surface area contributed by atoms with Crippen LogP contribution in [0.25, 0.3) is 0 Å². The van der Waals surface area contributed by atoms with Crippen molar-refractivity contribution in [3.05, 3.63) is 0 Å². The van der Waals surface area contributed by atoms with Gasteiger partial charge in [-0.05, 0) is 30.7 Å². The lowest BCUT2D eigenvalue weighted by atomic mass is 9.67. The van der Waals surface area contributed by atoms with Gasteiger partial charge in [0.25, 0.3) is 0 Å². The number of carbonyl (C=O) groups excluding carboxylic acids is 1. The average molecular weight is 199 g/mol. The Bertz CT molecular complexity index is 192. The molecule has 1 fully saturated rings. The number of ether oxygens (including phenoxy) is 1. The molecule has 0 bridgehead atoms. The van der Waals surface area contributed by atoms with Crippen LogP contribution in [0.4, 0.5) is 0 Å². The second-order valence-corrected chi connectivity index (χ2v) is 4.81. The van der Waals surface area contributed by atoms with Crippen molar-refractivity contribution in [1.29, 1.82) is 0 Å². The first kappa shape index (κ1) is 11.5. The highest BCUT2D eigenvalue weighted by molar-refractivity contribution is 5.70. The molecule has 0 aromatic rings. The predicted molar refractivity (Wildman–Crippen MR) is 55.8 cm³/mol. The van der Waals surface area contributed by atoms with Gasteiger partial charge in [-0.3, -0.25) is 4.79 Å². The van der Waals surface area contributed by atoms with Gasteiger partial charge in [0.1, 0.15) is 0 Å². The third-order valence-electron chi connectivity index (χ3n) is 2.94. The Kier molecular flexibility index (Phi) is 3.93. The third-order valence-corrected chi connectivity index (χ3v) is 2.94. The maximum absolute atomic E-state index is 11.4. The fourth-order valence-corrected chi connectivity index (χ4v) is 1.75. The lowest BCUT2D eigenvalue weighted by Crippen LogP contribution is -2.39. The van der Waals surface area contributed by atoms with Gasteiger partial charge in [-0.25, -0.2) is 0 Å². The summed E-state index contributed by atoms with van der Waals surface area (Å²) in [6, 6.07) is 0. The second-order valence-electron chi connectivity index (χ2n) is 4.81. The van der Waals surface area contributed by atoms with Gasteiger partial charge >= 0.3 is 5.97 Å². The fourth-order valence-electron chi connectivity index (χ4n) is 1.75. The first-order chi connectivity index (χ1) is 6.58. The number of carbonyl (C=O) groups is 1. The molecule has 14 heavy (non-hydrogen) atoms. The summed E-state index contributed by atoms with van der Waals surface area (Å²) in [5.74, 6) is 0.331. The summed E-state index contributed by atoms with van der Waals surface area (Å²) in [7, 11) is 0. The van der Waals surface area contributed by atoms with Crippen LogP contribution in [0.1, 0.15) is 39.5 Å². The Morgan fingerprint density at radius 2 is 2.14 bits per heavy atom. The number of hydrogen-bond acceptors (Lipinski definition) is 3. The van der Waals surface area contributed by atoms with Crippen LogP contribution in [0.5, 0.6) is 0 Å². The number of nitrogens with two attached hydrogens (primary N) is 1. The van der Waals surface area contributed by atoms with Crippen molar-refractivity contribution in [2.45, 2.75) is 39.5 Å². The molecule has 0 spiro atoms. The van der Waals surface area contributed by atoms with Gasteiger partial charge in [0.05, 0.1) is 13.0 Å². The largest absolute Gasteiger partial charge is 0.465 e. The first-order valence-electron chi connectivity index (χ1n) is 5.44. The maximum Gasteiger partial charge on any atom is 0.306 e. The molecule has 1 rings (SSSR count). The quantitative estimate of drug-likeness (QED) is 0.686. The number of hydrogen-bond donors (Lipinski definition) is 1. The molecule has 1 aliphatic carbocycles. The van der Waals surface area contributed by atoms with E-state index in [-0.39, 0.29) is 11.4 Å². The van der Waals surface area contributed by atoms with Gasteiger partial charge < -0.3 is 10.5 Å². The van der Waals surface area contributed by atoms with E-state index in [2.05, 4.69) is 0 Å². The van der Waals surface area contributed by atoms with Crippen molar-refractivity contribution in [3.8, 4) is 0 Å². The lowest BCUT2D eigenvalue weighted by Gasteiger charge is -2.40.